The zero-order valence-electron chi connectivity index (χ0n) is 11.2. The van der Waals surface area contributed by atoms with Gasteiger partial charge in [-0.25, -0.2) is 9.97 Å². The molecule has 0 aliphatic carbocycles. The van der Waals surface area contributed by atoms with Crippen molar-refractivity contribution >= 4 is 17.4 Å². The Balaban J connectivity index is 2.85. The van der Waals surface area contributed by atoms with Crippen molar-refractivity contribution in [2.75, 3.05) is 11.4 Å². The smallest absolute Gasteiger partial charge is 0.224 e. The number of hydrogen-bond acceptors (Lipinski definition) is 3. The Morgan fingerprint density at radius 3 is 2.65 bits per heavy atom. The first-order valence-corrected chi connectivity index (χ1v) is 6.69. The van der Waals surface area contributed by atoms with E-state index < -0.39 is 0 Å². The molecule has 4 heteroatoms. The normalized spacial score (nSPS) is 10.9. The second-order valence-corrected chi connectivity index (χ2v) is 4.98. The maximum atomic E-state index is 5.88. The van der Waals surface area contributed by atoms with Gasteiger partial charge >= 0.3 is 0 Å². The summed E-state index contributed by atoms with van der Waals surface area (Å²) in [5.74, 6) is 0.969. The Morgan fingerprint density at radius 1 is 1.35 bits per heavy atom. The van der Waals surface area contributed by atoms with E-state index in [0.717, 1.165) is 17.9 Å². The molecule has 96 valence electrons. The third kappa shape index (κ3) is 4.15. The lowest BCUT2D eigenvalue weighted by atomic mass is 10.2. The van der Waals surface area contributed by atoms with Crippen LogP contribution in [0.25, 0.3) is 0 Å². The third-order valence-corrected chi connectivity index (χ3v) is 3.00. The summed E-state index contributed by atoms with van der Waals surface area (Å²) in [6.07, 6.45) is 5.46. The lowest BCUT2D eigenvalue weighted by Gasteiger charge is -2.29. The molecular weight excluding hydrogens is 234 g/mol. The van der Waals surface area contributed by atoms with Crippen LogP contribution in [0.15, 0.2) is 6.20 Å². The largest absolute Gasteiger partial charge is 0.354 e. The van der Waals surface area contributed by atoms with Crippen LogP contribution in [-0.4, -0.2) is 22.6 Å². The number of unbranched alkanes of at least 4 members (excludes halogenated alkanes) is 2. The van der Waals surface area contributed by atoms with Gasteiger partial charge in [0.1, 0.15) is 5.82 Å². The zero-order chi connectivity index (χ0) is 12.8. The van der Waals surface area contributed by atoms with Crippen LogP contribution in [0.5, 0.6) is 0 Å². The van der Waals surface area contributed by atoms with Crippen molar-refractivity contribution in [1.29, 1.82) is 0 Å². The van der Waals surface area contributed by atoms with Crippen LogP contribution < -0.4 is 4.90 Å². The number of hydrogen-bond donors (Lipinski definition) is 0. The van der Waals surface area contributed by atoms with E-state index >= 15 is 0 Å². The number of rotatable bonds is 6. The second kappa shape index (κ2) is 6.80. The summed E-state index contributed by atoms with van der Waals surface area (Å²) in [4.78, 5) is 10.7. The van der Waals surface area contributed by atoms with Crippen molar-refractivity contribution in [1.82, 2.24) is 9.97 Å². The molecule has 0 spiro atoms. The minimum atomic E-state index is 0.326. The predicted octanol–water partition coefficient (Wildman–Crippen LogP) is 3.84. The molecule has 1 heterocycles. The first kappa shape index (κ1) is 14.2. The maximum Gasteiger partial charge on any atom is 0.224 e. The summed E-state index contributed by atoms with van der Waals surface area (Å²) >= 11 is 5.88. The average molecular weight is 256 g/mol. The molecule has 0 bridgehead atoms. The highest BCUT2D eigenvalue weighted by Gasteiger charge is 2.14. The molecular formula is C13H22ClN3. The first-order chi connectivity index (χ1) is 8.06. The van der Waals surface area contributed by atoms with Crippen molar-refractivity contribution in [3.63, 3.8) is 0 Å². The van der Waals surface area contributed by atoms with Gasteiger partial charge in [-0.05, 0) is 38.8 Å². The minimum absolute atomic E-state index is 0.326. The number of aromatic nitrogens is 2. The summed E-state index contributed by atoms with van der Waals surface area (Å²) in [6, 6.07) is 0.427. The van der Waals surface area contributed by atoms with Crippen molar-refractivity contribution in [2.24, 2.45) is 0 Å². The van der Waals surface area contributed by atoms with Crippen LogP contribution in [0.4, 0.5) is 5.82 Å². The molecule has 3 nitrogen and oxygen atoms in total. The third-order valence-electron chi connectivity index (χ3n) is 2.81. The number of anilines is 1. The van der Waals surface area contributed by atoms with Crippen LogP contribution in [-0.2, 0) is 0 Å². The van der Waals surface area contributed by atoms with Gasteiger partial charge in [0.2, 0.25) is 5.28 Å². The lowest BCUT2D eigenvalue weighted by molar-refractivity contribution is 0.617. The molecule has 1 aromatic heterocycles. The number of halogens is 1. The summed E-state index contributed by atoms with van der Waals surface area (Å²) in [5.41, 5.74) is 1.08. The molecule has 0 aliphatic heterocycles. The fraction of sp³-hybridized carbons (Fsp3) is 0.692. The molecule has 0 fully saturated rings. The molecule has 1 rings (SSSR count). The van der Waals surface area contributed by atoms with Crippen LogP contribution in [0.1, 0.15) is 45.6 Å². The fourth-order valence-electron chi connectivity index (χ4n) is 1.84. The van der Waals surface area contributed by atoms with Gasteiger partial charge in [-0.1, -0.05) is 19.8 Å². The monoisotopic (exact) mass is 255 g/mol. The Hall–Kier alpha value is -0.830. The van der Waals surface area contributed by atoms with Crippen LogP contribution in [0.3, 0.4) is 0 Å². The number of aryl methyl sites for hydroxylation is 1. The van der Waals surface area contributed by atoms with E-state index in [4.69, 9.17) is 11.6 Å². The summed E-state index contributed by atoms with van der Waals surface area (Å²) < 4.78 is 0. The van der Waals surface area contributed by atoms with Gasteiger partial charge in [0, 0.05) is 24.3 Å². The Labute approximate surface area is 109 Å². The molecule has 1 aromatic rings. The highest BCUT2D eigenvalue weighted by atomic mass is 35.5. The molecule has 0 N–H and O–H groups in total. The van der Waals surface area contributed by atoms with E-state index in [-0.39, 0.29) is 0 Å². The molecule has 0 saturated carbocycles. The summed E-state index contributed by atoms with van der Waals surface area (Å²) in [6.45, 7) is 9.63. The maximum absolute atomic E-state index is 5.88. The van der Waals surface area contributed by atoms with E-state index in [1.54, 1.807) is 6.20 Å². The lowest BCUT2D eigenvalue weighted by Crippen LogP contribution is -2.33. The van der Waals surface area contributed by atoms with Crippen molar-refractivity contribution in [3.05, 3.63) is 17.0 Å². The van der Waals surface area contributed by atoms with Crippen LogP contribution in [0, 0.1) is 6.92 Å². The molecule has 17 heavy (non-hydrogen) atoms. The Bertz CT molecular complexity index is 353. The van der Waals surface area contributed by atoms with Gasteiger partial charge < -0.3 is 4.90 Å². The van der Waals surface area contributed by atoms with Gasteiger partial charge in [-0.2, -0.15) is 0 Å². The summed E-state index contributed by atoms with van der Waals surface area (Å²) in [7, 11) is 0. The summed E-state index contributed by atoms with van der Waals surface area (Å²) in [5, 5.41) is 0.326. The van der Waals surface area contributed by atoms with Gasteiger partial charge in [0.25, 0.3) is 0 Å². The quantitative estimate of drug-likeness (QED) is 0.571. The first-order valence-electron chi connectivity index (χ1n) is 6.32. The van der Waals surface area contributed by atoms with Crippen molar-refractivity contribution in [3.8, 4) is 0 Å². The Kier molecular flexibility index (Phi) is 5.69. The van der Waals surface area contributed by atoms with Crippen molar-refractivity contribution in [2.45, 2.75) is 53.0 Å². The fourth-order valence-corrected chi connectivity index (χ4v) is 1.97. The van der Waals surface area contributed by atoms with E-state index in [9.17, 15) is 0 Å². The average Bonchev–Trinajstić information content (AvgIpc) is 2.28. The van der Waals surface area contributed by atoms with Gasteiger partial charge in [-0.15, -0.1) is 0 Å². The molecule has 0 atom stereocenters. The molecule has 0 aromatic carbocycles. The minimum Gasteiger partial charge on any atom is -0.354 e. The highest BCUT2D eigenvalue weighted by Crippen LogP contribution is 2.21. The van der Waals surface area contributed by atoms with E-state index in [1.165, 1.54) is 19.3 Å². The Morgan fingerprint density at radius 2 is 2.06 bits per heavy atom. The molecule has 0 aliphatic rings. The molecule has 0 radical (unpaired) electrons. The van der Waals surface area contributed by atoms with Crippen molar-refractivity contribution < 1.29 is 0 Å². The van der Waals surface area contributed by atoms with Gasteiger partial charge in [0.15, 0.2) is 0 Å². The van der Waals surface area contributed by atoms with E-state index in [0.29, 0.717) is 11.3 Å². The second-order valence-electron chi connectivity index (χ2n) is 4.64. The molecule has 0 amide bonds. The molecule has 0 saturated heterocycles. The number of nitrogens with zero attached hydrogens (tertiary/aromatic N) is 3. The topological polar surface area (TPSA) is 29.0 Å². The van der Waals surface area contributed by atoms with Crippen LogP contribution >= 0.6 is 11.6 Å². The van der Waals surface area contributed by atoms with E-state index in [2.05, 4.69) is 35.6 Å². The van der Waals surface area contributed by atoms with Crippen LogP contribution in [0.2, 0.25) is 5.28 Å². The zero-order valence-corrected chi connectivity index (χ0v) is 12.0. The molecule has 0 unspecified atom stereocenters. The standard InChI is InChI=1S/C13H22ClN3/c1-5-6-7-8-17(10(2)3)12-11(4)9-15-13(14)16-12/h9-10H,5-8H2,1-4H3. The van der Waals surface area contributed by atoms with E-state index in [1.807, 2.05) is 6.92 Å². The van der Waals surface area contributed by atoms with Gasteiger partial charge in [0.05, 0.1) is 0 Å². The highest BCUT2D eigenvalue weighted by molar-refractivity contribution is 6.28. The SMILES string of the molecule is CCCCCN(c1nc(Cl)ncc1C)C(C)C. The predicted molar refractivity (Wildman–Crippen MR) is 73.8 cm³/mol. The van der Waals surface area contributed by atoms with Gasteiger partial charge in [-0.3, -0.25) is 0 Å².